The molecule has 0 aromatic rings. The topological polar surface area (TPSA) is 46.3 Å². The molecule has 0 aromatic heterocycles. The Bertz CT molecular complexity index is 271. The molecule has 2 rings (SSSR count). The largest absolute Gasteiger partial charge is 0.339 e. The van der Waals surface area contributed by atoms with E-state index in [-0.39, 0.29) is 11.3 Å². The van der Waals surface area contributed by atoms with Crippen LogP contribution in [0, 0.1) is 11.3 Å². The summed E-state index contributed by atoms with van der Waals surface area (Å²) in [5.74, 6) is 0.675. The Morgan fingerprint density at radius 2 is 2.06 bits per heavy atom. The summed E-state index contributed by atoms with van der Waals surface area (Å²) in [4.78, 5) is 14.5. The van der Waals surface area contributed by atoms with Crippen LogP contribution in [0.4, 0.5) is 0 Å². The summed E-state index contributed by atoms with van der Waals surface area (Å²) in [5.41, 5.74) is 5.80. The smallest absolute Gasteiger partial charge is 0.226 e. The third kappa shape index (κ3) is 2.24. The Hall–Kier alpha value is -0.570. The first kappa shape index (κ1) is 11.9. The SMILES string of the molecule is CC1(C)CC1C(=O)N(CCCN)C1CCC1. The van der Waals surface area contributed by atoms with Crippen molar-refractivity contribution in [2.24, 2.45) is 17.1 Å². The number of hydrogen-bond donors (Lipinski definition) is 1. The molecule has 92 valence electrons. The van der Waals surface area contributed by atoms with Gasteiger partial charge in [-0.3, -0.25) is 4.79 Å². The molecule has 0 bridgehead atoms. The third-order valence-electron chi connectivity index (χ3n) is 4.21. The molecular formula is C13H24N2O. The fourth-order valence-electron chi connectivity index (χ4n) is 2.52. The van der Waals surface area contributed by atoms with Crippen LogP contribution in [0.2, 0.25) is 0 Å². The lowest BCUT2D eigenvalue weighted by molar-refractivity contribution is -0.137. The predicted octanol–water partition coefficient (Wildman–Crippen LogP) is 1.76. The standard InChI is InChI=1S/C13H24N2O/c1-13(2)9-11(13)12(16)15(8-4-7-14)10-5-3-6-10/h10-11H,3-9,14H2,1-2H3. The average Bonchev–Trinajstić information content (AvgIpc) is 2.78. The van der Waals surface area contributed by atoms with E-state index in [1.165, 1.54) is 19.3 Å². The molecule has 2 N–H and O–H groups in total. The molecule has 0 aliphatic heterocycles. The van der Waals surface area contributed by atoms with Gasteiger partial charge >= 0.3 is 0 Å². The van der Waals surface area contributed by atoms with Crippen LogP contribution >= 0.6 is 0 Å². The highest BCUT2D eigenvalue weighted by molar-refractivity contribution is 5.82. The van der Waals surface area contributed by atoms with Gasteiger partial charge in [0, 0.05) is 18.5 Å². The molecule has 0 aromatic carbocycles. The highest BCUT2D eigenvalue weighted by atomic mass is 16.2. The molecule has 3 heteroatoms. The quantitative estimate of drug-likeness (QED) is 0.773. The van der Waals surface area contributed by atoms with Crippen molar-refractivity contribution in [2.75, 3.05) is 13.1 Å². The first-order valence-corrected chi connectivity index (χ1v) is 6.57. The van der Waals surface area contributed by atoms with Crippen LogP contribution in [0.5, 0.6) is 0 Å². The molecule has 3 nitrogen and oxygen atoms in total. The van der Waals surface area contributed by atoms with E-state index in [1.807, 2.05) is 0 Å². The van der Waals surface area contributed by atoms with Gasteiger partial charge in [0.15, 0.2) is 0 Å². The third-order valence-corrected chi connectivity index (χ3v) is 4.21. The Morgan fingerprint density at radius 3 is 2.44 bits per heavy atom. The summed E-state index contributed by atoms with van der Waals surface area (Å²) in [6.45, 7) is 5.94. The number of carbonyl (C=O) groups is 1. The molecule has 2 aliphatic rings. The second-order valence-corrected chi connectivity index (χ2v) is 6.00. The van der Waals surface area contributed by atoms with Crippen molar-refractivity contribution in [3.63, 3.8) is 0 Å². The molecule has 0 spiro atoms. The van der Waals surface area contributed by atoms with E-state index in [1.54, 1.807) is 0 Å². The lowest BCUT2D eigenvalue weighted by Gasteiger charge is -2.38. The Morgan fingerprint density at radius 1 is 1.44 bits per heavy atom. The van der Waals surface area contributed by atoms with Crippen LogP contribution in [-0.2, 0) is 4.79 Å². The van der Waals surface area contributed by atoms with E-state index in [4.69, 9.17) is 5.73 Å². The number of nitrogens with two attached hydrogens (primary N) is 1. The number of amides is 1. The zero-order valence-corrected chi connectivity index (χ0v) is 10.5. The Labute approximate surface area is 98.4 Å². The minimum absolute atomic E-state index is 0.252. The van der Waals surface area contributed by atoms with Crippen LogP contribution in [0.3, 0.4) is 0 Å². The van der Waals surface area contributed by atoms with Crippen LogP contribution in [0.1, 0.15) is 46.0 Å². The van der Waals surface area contributed by atoms with Crippen LogP contribution < -0.4 is 5.73 Å². The lowest BCUT2D eigenvalue weighted by atomic mass is 9.90. The highest BCUT2D eigenvalue weighted by Gasteiger charge is 2.52. The maximum Gasteiger partial charge on any atom is 0.226 e. The number of rotatable bonds is 5. The molecule has 2 aliphatic carbocycles. The van der Waals surface area contributed by atoms with Crippen molar-refractivity contribution < 1.29 is 4.79 Å². The van der Waals surface area contributed by atoms with Gasteiger partial charge in [0.1, 0.15) is 0 Å². The number of hydrogen-bond acceptors (Lipinski definition) is 2. The normalized spacial score (nSPS) is 27.3. The van der Waals surface area contributed by atoms with E-state index in [0.29, 0.717) is 18.5 Å². The summed E-state index contributed by atoms with van der Waals surface area (Å²) < 4.78 is 0. The first-order chi connectivity index (χ1) is 7.56. The summed E-state index contributed by atoms with van der Waals surface area (Å²) in [5, 5.41) is 0. The summed E-state index contributed by atoms with van der Waals surface area (Å²) in [6, 6.07) is 0.524. The minimum Gasteiger partial charge on any atom is -0.339 e. The molecule has 0 radical (unpaired) electrons. The van der Waals surface area contributed by atoms with Crippen molar-refractivity contribution in [1.29, 1.82) is 0 Å². The second-order valence-electron chi connectivity index (χ2n) is 6.00. The van der Waals surface area contributed by atoms with E-state index >= 15 is 0 Å². The van der Waals surface area contributed by atoms with Gasteiger partial charge in [-0.05, 0) is 44.1 Å². The van der Waals surface area contributed by atoms with Crippen LogP contribution in [0.25, 0.3) is 0 Å². The van der Waals surface area contributed by atoms with Gasteiger partial charge < -0.3 is 10.6 Å². The maximum atomic E-state index is 12.3. The minimum atomic E-state index is 0.252. The van der Waals surface area contributed by atoms with Crippen LogP contribution in [-0.4, -0.2) is 29.9 Å². The zero-order chi connectivity index (χ0) is 11.8. The van der Waals surface area contributed by atoms with Gasteiger partial charge in [-0.1, -0.05) is 13.8 Å². The second kappa shape index (κ2) is 4.36. The summed E-state index contributed by atoms with van der Waals surface area (Å²) in [7, 11) is 0. The zero-order valence-electron chi connectivity index (χ0n) is 10.5. The molecule has 0 saturated heterocycles. The van der Waals surface area contributed by atoms with Gasteiger partial charge in [0.25, 0.3) is 0 Å². The van der Waals surface area contributed by atoms with Gasteiger partial charge in [-0.15, -0.1) is 0 Å². The predicted molar refractivity (Wildman–Crippen MR) is 64.9 cm³/mol. The average molecular weight is 224 g/mol. The Balaban J connectivity index is 1.92. The van der Waals surface area contributed by atoms with Crippen molar-refractivity contribution in [3.05, 3.63) is 0 Å². The van der Waals surface area contributed by atoms with E-state index in [2.05, 4.69) is 18.7 Å². The molecule has 1 unspecified atom stereocenters. The molecule has 1 amide bonds. The van der Waals surface area contributed by atoms with Gasteiger partial charge in [0.05, 0.1) is 0 Å². The van der Waals surface area contributed by atoms with Gasteiger partial charge in [-0.2, -0.15) is 0 Å². The number of carbonyl (C=O) groups excluding carboxylic acids is 1. The van der Waals surface area contributed by atoms with Crippen molar-refractivity contribution in [1.82, 2.24) is 4.90 Å². The summed E-state index contributed by atoms with van der Waals surface area (Å²) >= 11 is 0. The fourth-order valence-corrected chi connectivity index (χ4v) is 2.52. The fraction of sp³-hybridized carbons (Fsp3) is 0.923. The maximum absolute atomic E-state index is 12.3. The van der Waals surface area contributed by atoms with E-state index < -0.39 is 0 Å². The van der Waals surface area contributed by atoms with Crippen LogP contribution in [0.15, 0.2) is 0 Å². The lowest BCUT2D eigenvalue weighted by Crippen LogP contribution is -2.46. The van der Waals surface area contributed by atoms with Gasteiger partial charge in [-0.25, -0.2) is 0 Å². The molecular weight excluding hydrogens is 200 g/mol. The van der Waals surface area contributed by atoms with E-state index in [9.17, 15) is 4.79 Å². The highest BCUT2D eigenvalue weighted by Crippen LogP contribution is 2.53. The monoisotopic (exact) mass is 224 g/mol. The van der Waals surface area contributed by atoms with Gasteiger partial charge in [0.2, 0.25) is 5.91 Å². The molecule has 16 heavy (non-hydrogen) atoms. The Kier molecular flexibility index (Phi) is 3.24. The number of nitrogens with zero attached hydrogens (tertiary/aromatic N) is 1. The molecule has 1 atom stereocenters. The van der Waals surface area contributed by atoms with Crippen molar-refractivity contribution >= 4 is 5.91 Å². The van der Waals surface area contributed by atoms with E-state index in [0.717, 1.165) is 19.4 Å². The molecule has 2 saturated carbocycles. The molecule has 0 heterocycles. The van der Waals surface area contributed by atoms with Crippen molar-refractivity contribution in [2.45, 2.75) is 52.0 Å². The van der Waals surface area contributed by atoms with Crippen molar-refractivity contribution in [3.8, 4) is 0 Å². The molecule has 2 fully saturated rings. The summed E-state index contributed by atoms with van der Waals surface area (Å²) in [6.07, 6.45) is 5.69. The first-order valence-electron chi connectivity index (χ1n) is 6.57.